The largest absolute Gasteiger partial charge is 0.306 e. The van der Waals surface area contributed by atoms with Gasteiger partial charge in [0.25, 0.3) is 0 Å². The molecule has 0 aliphatic heterocycles. The second kappa shape index (κ2) is 6.63. The Morgan fingerprint density at radius 2 is 1.92 bits per heavy atom. The van der Waals surface area contributed by atoms with E-state index < -0.39 is 0 Å². The minimum Gasteiger partial charge on any atom is -0.306 e. The molecule has 0 unspecified atom stereocenters. The van der Waals surface area contributed by atoms with Gasteiger partial charge in [-0.05, 0) is 12.5 Å². The van der Waals surface area contributed by atoms with Crippen LogP contribution in [0.4, 0.5) is 0 Å². The molecule has 0 aromatic heterocycles. The second-order valence-electron chi connectivity index (χ2n) is 2.79. The van der Waals surface area contributed by atoms with Gasteiger partial charge in [0.1, 0.15) is 5.78 Å². The summed E-state index contributed by atoms with van der Waals surface area (Å²) < 4.78 is 0. The predicted molar refractivity (Wildman–Crippen MR) is 56.1 cm³/mol. The molecule has 0 atom stereocenters. The van der Waals surface area contributed by atoms with Crippen LogP contribution in [0.25, 0.3) is 0 Å². The van der Waals surface area contributed by atoms with Gasteiger partial charge in [-0.15, -0.1) is 12.4 Å². The van der Waals surface area contributed by atoms with E-state index in [1.807, 2.05) is 30.3 Å². The first-order valence-electron chi connectivity index (χ1n) is 4.03. The molecule has 0 saturated heterocycles. The maximum atomic E-state index is 10.6. The first-order chi connectivity index (χ1) is 5.79. The van der Waals surface area contributed by atoms with E-state index in [1.54, 1.807) is 6.92 Å². The third-order valence-corrected chi connectivity index (χ3v) is 1.55. The highest BCUT2D eigenvalue weighted by atomic mass is 35.5. The van der Waals surface area contributed by atoms with Crippen LogP contribution < -0.4 is 5.32 Å². The van der Waals surface area contributed by atoms with Crippen LogP contribution in [-0.2, 0) is 11.3 Å². The van der Waals surface area contributed by atoms with Gasteiger partial charge in [-0.2, -0.15) is 0 Å². The lowest BCUT2D eigenvalue weighted by atomic mass is 10.2. The van der Waals surface area contributed by atoms with E-state index in [0.717, 1.165) is 6.54 Å². The molecule has 0 aliphatic rings. The van der Waals surface area contributed by atoms with Crippen LogP contribution in [0.3, 0.4) is 0 Å². The molecule has 0 aliphatic carbocycles. The molecular formula is C10H14ClNO. The minimum absolute atomic E-state index is 0. The average Bonchev–Trinajstić information content (AvgIpc) is 2.05. The number of hydrogen-bond acceptors (Lipinski definition) is 2. The number of Topliss-reactive ketones (excluding diaryl/α,β-unsaturated/α-hetero) is 1. The van der Waals surface area contributed by atoms with Crippen LogP contribution in [0.5, 0.6) is 0 Å². The van der Waals surface area contributed by atoms with Crippen LogP contribution in [0.2, 0.25) is 0 Å². The smallest absolute Gasteiger partial charge is 0.143 e. The summed E-state index contributed by atoms with van der Waals surface area (Å²) in [5, 5.41) is 3.05. The minimum atomic E-state index is 0. The Bertz CT molecular complexity index is 248. The summed E-state index contributed by atoms with van der Waals surface area (Å²) in [6.45, 7) is 2.80. The van der Waals surface area contributed by atoms with E-state index in [1.165, 1.54) is 5.56 Å². The summed E-state index contributed by atoms with van der Waals surface area (Å²) >= 11 is 0. The van der Waals surface area contributed by atoms with Gasteiger partial charge < -0.3 is 5.32 Å². The SMILES string of the molecule is CC(=O)CNCc1ccccc1.Cl. The van der Waals surface area contributed by atoms with Crippen molar-refractivity contribution in [1.29, 1.82) is 0 Å². The number of rotatable bonds is 4. The Balaban J connectivity index is 0.00000144. The third-order valence-electron chi connectivity index (χ3n) is 1.55. The number of nitrogens with one attached hydrogen (secondary N) is 1. The van der Waals surface area contributed by atoms with Crippen molar-refractivity contribution >= 4 is 18.2 Å². The monoisotopic (exact) mass is 199 g/mol. The molecule has 0 saturated carbocycles. The van der Waals surface area contributed by atoms with Gasteiger partial charge in [-0.3, -0.25) is 4.79 Å². The number of hydrogen-bond donors (Lipinski definition) is 1. The number of ketones is 1. The van der Waals surface area contributed by atoms with Crippen molar-refractivity contribution in [2.45, 2.75) is 13.5 Å². The lowest BCUT2D eigenvalue weighted by Gasteiger charge is -2.01. The van der Waals surface area contributed by atoms with Crippen molar-refractivity contribution < 1.29 is 4.79 Å². The highest BCUT2D eigenvalue weighted by Crippen LogP contribution is 1.96. The van der Waals surface area contributed by atoms with E-state index in [2.05, 4.69) is 5.32 Å². The molecular weight excluding hydrogens is 186 g/mol. The number of carbonyl (C=O) groups excluding carboxylic acids is 1. The molecule has 0 amide bonds. The zero-order chi connectivity index (χ0) is 8.81. The molecule has 3 heteroatoms. The van der Waals surface area contributed by atoms with E-state index in [9.17, 15) is 4.79 Å². The van der Waals surface area contributed by atoms with E-state index >= 15 is 0 Å². The van der Waals surface area contributed by atoms with Crippen LogP contribution >= 0.6 is 12.4 Å². The maximum Gasteiger partial charge on any atom is 0.143 e. The van der Waals surface area contributed by atoms with Crippen molar-refractivity contribution in [2.24, 2.45) is 0 Å². The molecule has 0 fully saturated rings. The third kappa shape index (κ3) is 5.39. The topological polar surface area (TPSA) is 29.1 Å². The van der Waals surface area contributed by atoms with Crippen molar-refractivity contribution in [2.75, 3.05) is 6.54 Å². The predicted octanol–water partition coefficient (Wildman–Crippen LogP) is 1.79. The Hall–Kier alpha value is -0.860. The zero-order valence-electron chi connectivity index (χ0n) is 7.62. The van der Waals surface area contributed by atoms with Crippen molar-refractivity contribution in [1.82, 2.24) is 5.32 Å². The van der Waals surface area contributed by atoms with Crippen LogP contribution in [0, 0.1) is 0 Å². The summed E-state index contributed by atoms with van der Waals surface area (Å²) in [5.74, 6) is 0.172. The molecule has 0 spiro atoms. The summed E-state index contributed by atoms with van der Waals surface area (Å²) in [6.07, 6.45) is 0. The van der Waals surface area contributed by atoms with Crippen molar-refractivity contribution in [3.8, 4) is 0 Å². The highest BCUT2D eigenvalue weighted by molar-refractivity contribution is 5.85. The molecule has 0 heterocycles. The quantitative estimate of drug-likeness (QED) is 0.801. The van der Waals surface area contributed by atoms with Crippen molar-refractivity contribution in [3.05, 3.63) is 35.9 Å². The maximum absolute atomic E-state index is 10.6. The zero-order valence-corrected chi connectivity index (χ0v) is 8.43. The van der Waals surface area contributed by atoms with Gasteiger partial charge in [0, 0.05) is 6.54 Å². The highest BCUT2D eigenvalue weighted by Gasteiger charge is 1.92. The lowest BCUT2D eigenvalue weighted by molar-refractivity contribution is -0.116. The van der Waals surface area contributed by atoms with Gasteiger partial charge in [0.2, 0.25) is 0 Å². The van der Waals surface area contributed by atoms with E-state index in [0.29, 0.717) is 6.54 Å². The fraction of sp³-hybridized carbons (Fsp3) is 0.300. The van der Waals surface area contributed by atoms with Crippen molar-refractivity contribution in [3.63, 3.8) is 0 Å². The molecule has 0 radical (unpaired) electrons. The molecule has 1 rings (SSSR count). The molecule has 1 aromatic rings. The average molecular weight is 200 g/mol. The summed E-state index contributed by atoms with van der Waals surface area (Å²) in [5.41, 5.74) is 1.21. The van der Waals surface area contributed by atoms with Crippen LogP contribution in [0.15, 0.2) is 30.3 Å². The van der Waals surface area contributed by atoms with Crippen LogP contribution in [-0.4, -0.2) is 12.3 Å². The summed E-state index contributed by atoms with van der Waals surface area (Å²) in [4.78, 5) is 10.6. The normalized spacial score (nSPS) is 9.00. The van der Waals surface area contributed by atoms with Gasteiger partial charge in [0.15, 0.2) is 0 Å². The van der Waals surface area contributed by atoms with Gasteiger partial charge >= 0.3 is 0 Å². The Kier molecular flexibility index (Phi) is 6.20. The molecule has 2 nitrogen and oxygen atoms in total. The van der Waals surface area contributed by atoms with Gasteiger partial charge in [0.05, 0.1) is 6.54 Å². The Morgan fingerprint density at radius 3 is 2.46 bits per heavy atom. The van der Waals surface area contributed by atoms with E-state index in [-0.39, 0.29) is 18.2 Å². The van der Waals surface area contributed by atoms with Gasteiger partial charge in [-0.25, -0.2) is 0 Å². The van der Waals surface area contributed by atoms with Gasteiger partial charge in [-0.1, -0.05) is 30.3 Å². The molecule has 13 heavy (non-hydrogen) atoms. The molecule has 1 N–H and O–H groups in total. The fourth-order valence-corrected chi connectivity index (χ4v) is 0.979. The molecule has 1 aromatic carbocycles. The molecule has 72 valence electrons. The van der Waals surface area contributed by atoms with Crippen LogP contribution in [0.1, 0.15) is 12.5 Å². The second-order valence-corrected chi connectivity index (χ2v) is 2.79. The standard InChI is InChI=1S/C10H13NO.ClH/c1-9(12)7-11-8-10-5-3-2-4-6-10;/h2-6,11H,7-8H2,1H3;1H. The first kappa shape index (κ1) is 12.1. The first-order valence-corrected chi connectivity index (χ1v) is 4.03. The number of benzene rings is 1. The lowest BCUT2D eigenvalue weighted by Crippen LogP contribution is -2.20. The fourth-order valence-electron chi connectivity index (χ4n) is 0.979. The molecule has 0 bridgehead atoms. The Labute approximate surface area is 84.8 Å². The number of carbonyl (C=O) groups is 1. The van der Waals surface area contributed by atoms with E-state index in [4.69, 9.17) is 0 Å². The summed E-state index contributed by atoms with van der Waals surface area (Å²) in [6, 6.07) is 10.0. The Morgan fingerprint density at radius 1 is 1.31 bits per heavy atom. The number of halogens is 1. The summed E-state index contributed by atoms with van der Waals surface area (Å²) in [7, 11) is 0.